The van der Waals surface area contributed by atoms with Crippen LogP contribution in [0.1, 0.15) is 23.5 Å². The van der Waals surface area contributed by atoms with Crippen molar-refractivity contribution in [1.29, 1.82) is 0 Å². The lowest BCUT2D eigenvalue weighted by Crippen LogP contribution is -2.38. The van der Waals surface area contributed by atoms with Gasteiger partial charge < -0.3 is 15.2 Å². The SMILES string of the molecule is CN=C(NCCCCn1cnnc1)NCCc1nc(C(F)(F)F)cs1. The smallest absolute Gasteiger partial charge is 0.356 e. The number of hydrogen-bond acceptors (Lipinski definition) is 5. The number of thiazole rings is 1. The van der Waals surface area contributed by atoms with Crippen LogP contribution in [0.4, 0.5) is 13.2 Å². The Morgan fingerprint density at radius 3 is 2.56 bits per heavy atom. The molecule has 0 bridgehead atoms. The molecule has 7 nitrogen and oxygen atoms in total. The molecule has 11 heteroatoms. The molecule has 2 N–H and O–H groups in total. The van der Waals surface area contributed by atoms with Crippen molar-refractivity contribution in [1.82, 2.24) is 30.4 Å². The van der Waals surface area contributed by atoms with E-state index in [1.54, 1.807) is 19.7 Å². The number of nitrogens with zero attached hydrogens (tertiary/aromatic N) is 5. The fourth-order valence-corrected chi connectivity index (χ4v) is 2.83. The highest BCUT2D eigenvalue weighted by molar-refractivity contribution is 7.09. The van der Waals surface area contributed by atoms with Gasteiger partial charge in [0.15, 0.2) is 11.7 Å². The molecular weight excluding hydrogens is 355 g/mol. The summed E-state index contributed by atoms with van der Waals surface area (Å²) in [6.45, 7) is 2.06. The Labute approximate surface area is 147 Å². The van der Waals surface area contributed by atoms with Crippen LogP contribution >= 0.6 is 11.3 Å². The second-order valence-corrected chi connectivity index (χ2v) is 6.15. The van der Waals surface area contributed by atoms with Gasteiger partial charge in [0.2, 0.25) is 0 Å². The molecular formula is C14H20F3N7S. The van der Waals surface area contributed by atoms with Crippen molar-refractivity contribution in [3.05, 3.63) is 28.7 Å². The number of unbranched alkanes of at least 4 members (excludes halogenated alkanes) is 1. The van der Waals surface area contributed by atoms with Crippen LogP contribution in [0.3, 0.4) is 0 Å². The van der Waals surface area contributed by atoms with Crippen molar-refractivity contribution in [3.63, 3.8) is 0 Å². The highest BCUT2D eigenvalue weighted by Gasteiger charge is 2.33. The normalized spacial score (nSPS) is 12.4. The van der Waals surface area contributed by atoms with Crippen LogP contribution in [0.15, 0.2) is 23.0 Å². The van der Waals surface area contributed by atoms with Crippen LogP contribution in [-0.2, 0) is 19.1 Å². The Balaban J connectivity index is 1.61. The van der Waals surface area contributed by atoms with Gasteiger partial charge in [0.1, 0.15) is 12.7 Å². The molecule has 0 saturated carbocycles. The van der Waals surface area contributed by atoms with Crippen LogP contribution in [0.25, 0.3) is 0 Å². The van der Waals surface area contributed by atoms with Crippen molar-refractivity contribution >= 4 is 17.3 Å². The van der Waals surface area contributed by atoms with Gasteiger partial charge in [0, 0.05) is 38.5 Å². The zero-order valence-electron chi connectivity index (χ0n) is 13.8. The summed E-state index contributed by atoms with van der Waals surface area (Å²) in [5, 5.41) is 15.2. The molecule has 0 aromatic carbocycles. The fourth-order valence-electron chi connectivity index (χ4n) is 2.03. The van der Waals surface area contributed by atoms with E-state index in [0.29, 0.717) is 23.9 Å². The van der Waals surface area contributed by atoms with Gasteiger partial charge in [-0.05, 0) is 12.8 Å². The topological polar surface area (TPSA) is 80.0 Å². The number of rotatable bonds is 8. The molecule has 0 amide bonds. The van der Waals surface area contributed by atoms with E-state index in [1.165, 1.54) is 0 Å². The quantitative estimate of drug-likeness (QED) is 0.419. The molecule has 0 unspecified atom stereocenters. The minimum atomic E-state index is -4.38. The molecule has 0 saturated heterocycles. The lowest BCUT2D eigenvalue weighted by atomic mass is 10.3. The maximum absolute atomic E-state index is 12.5. The van der Waals surface area contributed by atoms with E-state index in [1.807, 2.05) is 4.57 Å². The maximum Gasteiger partial charge on any atom is 0.434 e. The Hall–Kier alpha value is -2.17. The van der Waals surface area contributed by atoms with Gasteiger partial charge in [-0.25, -0.2) is 4.98 Å². The van der Waals surface area contributed by atoms with Crippen LogP contribution in [0.5, 0.6) is 0 Å². The minimum Gasteiger partial charge on any atom is -0.356 e. The molecule has 2 aromatic heterocycles. The summed E-state index contributed by atoms with van der Waals surface area (Å²) in [6.07, 6.45) is 1.30. The summed E-state index contributed by atoms with van der Waals surface area (Å²) in [7, 11) is 1.65. The second-order valence-electron chi connectivity index (χ2n) is 5.21. The molecule has 138 valence electrons. The van der Waals surface area contributed by atoms with Crippen LogP contribution in [0.2, 0.25) is 0 Å². The van der Waals surface area contributed by atoms with Gasteiger partial charge in [-0.2, -0.15) is 13.2 Å². The summed E-state index contributed by atoms with van der Waals surface area (Å²) in [5.74, 6) is 0.622. The van der Waals surface area contributed by atoms with E-state index < -0.39 is 11.9 Å². The second kappa shape index (κ2) is 9.35. The van der Waals surface area contributed by atoms with Crippen molar-refractivity contribution in [3.8, 4) is 0 Å². The largest absolute Gasteiger partial charge is 0.434 e. The zero-order valence-corrected chi connectivity index (χ0v) is 14.6. The van der Waals surface area contributed by atoms with E-state index in [2.05, 4.69) is 30.8 Å². The Morgan fingerprint density at radius 2 is 1.92 bits per heavy atom. The average molecular weight is 375 g/mol. The summed E-state index contributed by atoms with van der Waals surface area (Å²) in [4.78, 5) is 7.68. The number of guanidine groups is 1. The van der Waals surface area contributed by atoms with E-state index in [4.69, 9.17) is 0 Å². The van der Waals surface area contributed by atoms with Crippen LogP contribution < -0.4 is 10.6 Å². The van der Waals surface area contributed by atoms with Gasteiger partial charge >= 0.3 is 6.18 Å². The first-order valence-corrected chi connectivity index (χ1v) is 8.65. The molecule has 0 aliphatic rings. The number of aryl methyl sites for hydroxylation is 1. The molecule has 0 atom stereocenters. The number of alkyl halides is 3. The first-order chi connectivity index (χ1) is 12.0. The molecule has 0 spiro atoms. The Bertz CT molecular complexity index is 652. The van der Waals surface area contributed by atoms with Crippen molar-refractivity contribution in [2.45, 2.75) is 32.0 Å². The number of aromatic nitrogens is 4. The minimum absolute atomic E-state index is 0.412. The van der Waals surface area contributed by atoms with E-state index in [-0.39, 0.29) is 0 Å². The van der Waals surface area contributed by atoms with Crippen molar-refractivity contribution in [2.24, 2.45) is 4.99 Å². The molecule has 2 aromatic rings. The van der Waals surface area contributed by atoms with Gasteiger partial charge in [0.05, 0.1) is 5.01 Å². The number of hydrogen-bond donors (Lipinski definition) is 2. The van der Waals surface area contributed by atoms with Gasteiger partial charge in [-0.3, -0.25) is 4.99 Å². The zero-order chi connectivity index (χ0) is 18.1. The van der Waals surface area contributed by atoms with Gasteiger partial charge in [-0.1, -0.05) is 0 Å². The molecule has 2 rings (SSSR count). The molecule has 25 heavy (non-hydrogen) atoms. The standard InChI is InChI=1S/C14H20F3N7S/c1-18-13(19-5-2-3-7-24-9-21-22-10-24)20-6-4-12-23-11(8-25-12)14(15,16)17/h8-10H,2-7H2,1H3,(H2,18,19,20). The number of aliphatic imine (C=N–C) groups is 1. The lowest BCUT2D eigenvalue weighted by molar-refractivity contribution is -0.140. The van der Waals surface area contributed by atoms with Crippen molar-refractivity contribution in [2.75, 3.05) is 20.1 Å². The van der Waals surface area contributed by atoms with Crippen LogP contribution in [-0.4, -0.2) is 45.8 Å². The summed E-state index contributed by atoms with van der Waals surface area (Å²) >= 11 is 1.01. The molecule has 0 aliphatic carbocycles. The fraction of sp³-hybridized carbons (Fsp3) is 0.571. The van der Waals surface area contributed by atoms with Gasteiger partial charge in [0.25, 0.3) is 0 Å². The third-order valence-corrected chi connectivity index (χ3v) is 4.21. The van der Waals surface area contributed by atoms with Gasteiger partial charge in [-0.15, -0.1) is 21.5 Å². The first kappa shape index (κ1) is 19.2. The molecule has 0 radical (unpaired) electrons. The van der Waals surface area contributed by atoms with E-state index >= 15 is 0 Å². The third kappa shape index (κ3) is 6.69. The summed E-state index contributed by atoms with van der Waals surface area (Å²) < 4.78 is 39.4. The molecule has 0 aliphatic heterocycles. The summed E-state index contributed by atoms with van der Waals surface area (Å²) in [6, 6.07) is 0. The lowest BCUT2D eigenvalue weighted by Gasteiger charge is -2.11. The monoisotopic (exact) mass is 375 g/mol. The third-order valence-electron chi connectivity index (χ3n) is 3.30. The molecule has 0 fully saturated rings. The van der Waals surface area contributed by atoms with E-state index in [0.717, 1.165) is 42.6 Å². The Kier molecular flexibility index (Phi) is 7.16. The Morgan fingerprint density at radius 1 is 1.20 bits per heavy atom. The van der Waals surface area contributed by atoms with E-state index in [9.17, 15) is 13.2 Å². The first-order valence-electron chi connectivity index (χ1n) is 7.77. The highest BCUT2D eigenvalue weighted by Crippen LogP contribution is 2.29. The van der Waals surface area contributed by atoms with Crippen molar-refractivity contribution < 1.29 is 13.2 Å². The number of halogens is 3. The summed E-state index contributed by atoms with van der Waals surface area (Å²) in [5.41, 5.74) is -0.830. The van der Waals surface area contributed by atoms with Crippen LogP contribution in [0, 0.1) is 0 Å². The number of nitrogens with one attached hydrogen (secondary N) is 2. The highest BCUT2D eigenvalue weighted by atomic mass is 32.1. The molecule has 2 heterocycles. The predicted octanol–water partition coefficient (Wildman–Crippen LogP) is 1.94. The predicted molar refractivity (Wildman–Crippen MR) is 89.4 cm³/mol. The maximum atomic E-state index is 12.5. The average Bonchev–Trinajstić information content (AvgIpc) is 3.24.